The van der Waals surface area contributed by atoms with Gasteiger partial charge in [-0.25, -0.2) is 0 Å². The van der Waals surface area contributed by atoms with Gasteiger partial charge in [-0.15, -0.1) is 0 Å². The summed E-state index contributed by atoms with van der Waals surface area (Å²) in [6, 6.07) is 0. The van der Waals surface area contributed by atoms with Crippen LogP contribution >= 0.6 is 0 Å². The molecule has 0 unspecified atom stereocenters. The van der Waals surface area contributed by atoms with Crippen molar-refractivity contribution in [1.82, 2.24) is 5.32 Å². The molecule has 0 aromatic heterocycles. The number of ether oxygens (including phenoxy) is 1. The van der Waals surface area contributed by atoms with E-state index in [2.05, 4.69) is 5.32 Å². The second kappa shape index (κ2) is 4.69. The van der Waals surface area contributed by atoms with Crippen molar-refractivity contribution < 1.29 is 4.74 Å². The van der Waals surface area contributed by atoms with E-state index in [0.717, 1.165) is 13.2 Å². The van der Waals surface area contributed by atoms with Crippen LogP contribution in [0.5, 0.6) is 0 Å². The Morgan fingerprint density at radius 3 is 2.70 bits per heavy atom. The van der Waals surface area contributed by atoms with Gasteiger partial charge >= 0.3 is 0 Å². The zero-order valence-electron chi connectivity index (χ0n) is 6.73. The van der Waals surface area contributed by atoms with E-state index in [0.29, 0.717) is 6.10 Å². The van der Waals surface area contributed by atoms with Crippen LogP contribution in [-0.2, 0) is 4.74 Å². The van der Waals surface area contributed by atoms with E-state index in [1.807, 2.05) is 7.05 Å². The van der Waals surface area contributed by atoms with Crippen LogP contribution < -0.4 is 5.32 Å². The van der Waals surface area contributed by atoms with Crippen molar-refractivity contribution in [2.45, 2.75) is 31.8 Å². The van der Waals surface area contributed by atoms with Crippen LogP contribution in [0, 0.1) is 0 Å². The van der Waals surface area contributed by atoms with Gasteiger partial charge in [-0.05, 0) is 19.9 Å². The predicted octanol–water partition coefficient (Wildman–Crippen LogP) is 1.16. The lowest BCUT2D eigenvalue weighted by molar-refractivity contribution is 0.0612. The zero-order valence-corrected chi connectivity index (χ0v) is 6.73. The highest BCUT2D eigenvalue weighted by molar-refractivity contribution is 4.66. The number of rotatable bonds is 4. The van der Waals surface area contributed by atoms with Crippen LogP contribution in [0.2, 0.25) is 0 Å². The minimum absolute atomic E-state index is 0.577. The van der Waals surface area contributed by atoms with E-state index in [-0.39, 0.29) is 0 Å². The molecule has 0 amide bonds. The van der Waals surface area contributed by atoms with Gasteiger partial charge in [-0.3, -0.25) is 0 Å². The maximum atomic E-state index is 5.58. The first-order valence-electron chi connectivity index (χ1n) is 4.19. The summed E-state index contributed by atoms with van der Waals surface area (Å²) in [6.07, 6.45) is 5.87. The van der Waals surface area contributed by atoms with Gasteiger partial charge in [-0.1, -0.05) is 12.8 Å². The smallest absolute Gasteiger partial charge is 0.0594 e. The van der Waals surface area contributed by atoms with Gasteiger partial charge in [0.1, 0.15) is 0 Å². The Balaban J connectivity index is 1.91. The molecule has 10 heavy (non-hydrogen) atoms. The van der Waals surface area contributed by atoms with Gasteiger partial charge in [0.05, 0.1) is 12.7 Å². The highest BCUT2D eigenvalue weighted by Gasteiger charge is 2.14. The molecule has 1 aliphatic rings. The molecule has 0 bridgehead atoms. The molecule has 0 aromatic carbocycles. The Morgan fingerprint density at radius 2 is 2.10 bits per heavy atom. The Hall–Kier alpha value is -0.0800. The fraction of sp³-hybridized carbons (Fsp3) is 1.00. The molecule has 1 fully saturated rings. The third-order valence-electron chi connectivity index (χ3n) is 2.01. The van der Waals surface area contributed by atoms with Crippen molar-refractivity contribution in [2.75, 3.05) is 20.2 Å². The normalized spacial score (nSPS) is 20.1. The van der Waals surface area contributed by atoms with E-state index in [1.165, 1.54) is 25.7 Å². The average Bonchev–Trinajstić information content (AvgIpc) is 2.41. The Morgan fingerprint density at radius 1 is 1.40 bits per heavy atom. The molecule has 2 nitrogen and oxygen atoms in total. The minimum atomic E-state index is 0.577. The molecule has 0 spiro atoms. The van der Waals surface area contributed by atoms with Crippen molar-refractivity contribution in [2.24, 2.45) is 0 Å². The zero-order chi connectivity index (χ0) is 7.23. The summed E-state index contributed by atoms with van der Waals surface area (Å²) >= 11 is 0. The van der Waals surface area contributed by atoms with Crippen molar-refractivity contribution in [3.05, 3.63) is 0 Å². The van der Waals surface area contributed by atoms with E-state index < -0.39 is 0 Å². The fourth-order valence-corrected chi connectivity index (χ4v) is 1.38. The van der Waals surface area contributed by atoms with Gasteiger partial charge in [0, 0.05) is 6.54 Å². The molecule has 1 N–H and O–H groups in total. The largest absolute Gasteiger partial charge is 0.377 e. The summed E-state index contributed by atoms with van der Waals surface area (Å²) in [4.78, 5) is 0. The third kappa shape index (κ3) is 2.67. The van der Waals surface area contributed by atoms with Crippen LogP contribution in [0.25, 0.3) is 0 Å². The molecule has 1 rings (SSSR count). The Labute approximate surface area is 63.0 Å². The highest BCUT2D eigenvalue weighted by Crippen LogP contribution is 2.20. The molecular formula is C8H17NO. The number of hydrogen-bond acceptors (Lipinski definition) is 2. The summed E-state index contributed by atoms with van der Waals surface area (Å²) in [6.45, 7) is 1.86. The van der Waals surface area contributed by atoms with E-state index in [1.54, 1.807) is 0 Å². The van der Waals surface area contributed by atoms with Crippen LogP contribution in [0.4, 0.5) is 0 Å². The van der Waals surface area contributed by atoms with E-state index in [4.69, 9.17) is 4.74 Å². The molecule has 0 atom stereocenters. The average molecular weight is 143 g/mol. The molecule has 1 saturated carbocycles. The second-order valence-electron chi connectivity index (χ2n) is 2.88. The quantitative estimate of drug-likeness (QED) is 0.596. The predicted molar refractivity (Wildman–Crippen MR) is 42.1 cm³/mol. The van der Waals surface area contributed by atoms with E-state index in [9.17, 15) is 0 Å². The summed E-state index contributed by atoms with van der Waals surface area (Å²) in [7, 11) is 1.96. The molecule has 1 aliphatic carbocycles. The lowest BCUT2D eigenvalue weighted by atomic mass is 10.3. The first-order chi connectivity index (χ1) is 4.93. The van der Waals surface area contributed by atoms with Crippen molar-refractivity contribution >= 4 is 0 Å². The van der Waals surface area contributed by atoms with Crippen molar-refractivity contribution in [3.8, 4) is 0 Å². The van der Waals surface area contributed by atoms with Crippen molar-refractivity contribution in [1.29, 1.82) is 0 Å². The van der Waals surface area contributed by atoms with Crippen LogP contribution in [0.15, 0.2) is 0 Å². The maximum absolute atomic E-state index is 5.58. The van der Waals surface area contributed by atoms with Gasteiger partial charge in [0.15, 0.2) is 0 Å². The molecule has 0 aromatic rings. The monoisotopic (exact) mass is 143 g/mol. The molecule has 0 heterocycles. The standard InChI is InChI=1S/C8H17NO/c1-9-6-7-10-8-4-2-3-5-8/h8-9H,2-7H2,1H3. The molecule has 0 aliphatic heterocycles. The first-order valence-corrected chi connectivity index (χ1v) is 4.19. The molecule has 2 heteroatoms. The fourth-order valence-electron chi connectivity index (χ4n) is 1.38. The lowest BCUT2D eigenvalue weighted by Gasteiger charge is -2.09. The van der Waals surface area contributed by atoms with E-state index >= 15 is 0 Å². The van der Waals surface area contributed by atoms with Gasteiger partial charge < -0.3 is 10.1 Å². The minimum Gasteiger partial charge on any atom is -0.377 e. The topological polar surface area (TPSA) is 21.3 Å². The second-order valence-corrected chi connectivity index (χ2v) is 2.88. The maximum Gasteiger partial charge on any atom is 0.0594 e. The first kappa shape index (κ1) is 8.02. The molecular weight excluding hydrogens is 126 g/mol. The van der Waals surface area contributed by atoms with Gasteiger partial charge in [0.25, 0.3) is 0 Å². The summed E-state index contributed by atoms with van der Waals surface area (Å²) < 4.78 is 5.58. The van der Waals surface area contributed by atoms with Crippen LogP contribution in [0.1, 0.15) is 25.7 Å². The van der Waals surface area contributed by atoms with Gasteiger partial charge in [-0.2, -0.15) is 0 Å². The van der Waals surface area contributed by atoms with Gasteiger partial charge in [0.2, 0.25) is 0 Å². The molecule has 0 saturated heterocycles. The summed E-state index contributed by atoms with van der Waals surface area (Å²) in [5.41, 5.74) is 0. The Kier molecular flexibility index (Phi) is 3.76. The lowest BCUT2D eigenvalue weighted by Crippen LogP contribution is -2.18. The van der Waals surface area contributed by atoms with Crippen molar-refractivity contribution in [3.63, 3.8) is 0 Å². The summed E-state index contributed by atoms with van der Waals surface area (Å²) in [5, 5.41) is 3.07. The third-order valence-corrected chi connectivity index (χ3v) is 2.01. The number of hydrogen-bond donors (Lipinski definition) is 1. The Bertz CT molecular complexity index is 79.3. The molecule has 0 radical (unpaired) electrons. The highest BCUT2D eigenvalue weighted by atomic mass is 16.5. The SMILES string of the molecule is CNCCOC1CCCC1. The molecule has 60 valence electrons. The summed E-state index contributed by atoms with van der Waals surface area (Å²) in [5.74, 6) is 0. The number of nitrogens with one attached hydrogen (secondary N) is 1. The van der Waals surface area contributed by atoms with Crippen LogP contribution in [0.3, 0.4) is 0 Å². The van der Waals surface area contributed by atoms with Crippen LogP contribution in [-0.4, -0.2) is 26.3 Å². The number of likely N-dealkylation sites (N-methyl/N-ethyl adjacent to an activating group) is 1.